The van der Waals surface area contributed by atoms with Crippen LogP contribution in [0, 0.1) is 5.92 Å². The Bertz CT molecular complexity index is 1080. The third-order valence-electron chi connectivity index (χ3n) is 6.47. The van der Waals surface area contributed by atoms with E-state index < -0.39 is 6.04 Å². The molecule has 1 fully saturated rings. The normalized spacial score (nSPS) is 18.9. The second-order valence-electron chi connectivity index (χ2n) is 10.1. The number of benzene rings is 1. The van der Waals surface area contributed by atoms with E-state index in [1.807, 2.05) is 30.3 Å². The van der Waals surface area contributed by atoms with Gasteiger partial charge in [0.25, 0.3) is 0 Å². The predicted octanol–water partition coefficient (Wildman–Crippen LogP) is 6.49. The van der Waals surface area contributed by atoms with Crippen LogP contribution in [0.5, 0.6) is 0 Å². The third kappa shape index (κ3) is 7.03. The predicted molar refractivity (Wildman–Crippen MR) is 147 cm³/mol. The van der Waals surface area contributed by atoms with Crippen LogP contribution >= 0.6 is 0 Å². The van der Waals surface area contributed by atoms with Crippen molar-refractivity contribution >= 4 is 17.7 Å². The maximum Gasteiger partial charge on any atom is 0.136 e. The highest BCUT2D eigenvalue weighted by Gasteiger charge is 2.28. The van der Waals surface area contributed by atoms with Crippen LogP contribution in [0.25, 0.3) is 0 Å². The number of hydrogen-bond donors (Lipinski definition) is 4. The minimum atomic E-state index is -0.426. The molecule has 0 bridgehead atoms. The summed E-state index contributed by atoms with van der Waals surface area (Å²) in [6, 6.07) is 7.95. The monoisotopic (exact) mass is 491 g/mol. The first-order valence-corrected chi connectivity index (χ1v) is 12.9. The first-order chi connectivity index (χ1) is 17.4. The maximum absolute atomic E-state index is 15.1. The first kappa shape index (κ1) is 25.6. The van der Waals surface area contributed by atoms with Crippen LogP contribution in [-0.4, -0.2) is 25.0 Å². The fraction of sp³-hybridized carbons (Fsp3) is 0.414. The van der Waals surface area contributed by atoms with Crippen molar-refractivity contribution in [3.63, 3.8) is 0 Å². The van der Waals surface area contributed by atoms with Gasteiger partial charge < -0.3 is 26.0 Å². The average Bonchev–Trinajstić information content (AvgIpc) is 2.80. The smallest absolute Gasteiger partial charge is 0.136 e. The lowest BCUT2D eigenvalue weighted by Crippen LogP contribution is -2.34. The van der Waals surface area contributed by atoms with Gasteiger partial charge in [0.2, 0.25) is 0 Å². The van der Waals surface area contributed by atoms with E-state index in [0.717, 1.165) is 35.6 Å². The van der Waals surface area contributed by atoms with Crippen LogP contribution < -0.4 is 21.3 Å². The molecule has 6 nitrogen and oxygen atoms in total. The number of nitrogens with zero attached hydrogens (tertiary/aromatic N) is 1. The molecule has 1 unspecified atom stereocenters. The fourth-order valence-corrected chi connectivity index (χ4v) is 4.33. The van der Waals surface area contributed by atoms with Crippen molar-refractivity contribution in [2.24, 2.45) is 10.9 Å². The molecule has 192 valence electrons. The molecule has 1 heterocycles. The number of nitrogens with one attached hydrogen (secondary N) is 4. The summed E-state index contributed by atoms with van der Waals surface area (Å²) in [5.74, 6) is 1.38. The summed E-state index contributed by atoms with van der Waals surface area (Å²) in [5, 5.41) is 13.1. The summed E-state index contributed by atoms with van der Waals surface area (Å²) in [6.45, 7) is 13.2. The van der Waals surface area contributed by atoms with Crippen LogP contribution in [0.4, 0.5) is 15.8 Å². The second-order valence-corrected chi connectivity index (χ2v) is 10.1. The van der Waals surface area contributed by atoms with Gasteiger partial charge in [-0.2, -0.15) is 0 Å². The summed E-state index contributed by atoms with van der Waals surface area (Å²) < 4.78 is 20.9. The Morgan fingerprint density at radius 1 is 1.17 bits per heavy atom. The molecule has 0 saturated heterocycles. The average molecular weight is 492 g/mol. The second kappa shape index (κ2) is 12.0. The van der Waals surface area contributed by atoms with Crippen molar-refractivity contribution < 1.29 is 9.13 Å². The van der Waals surface area contributed by atoms with E-state index >= 15 is 4.39 Å². The van der Waals surface area contributed by atoms with Crippen molar-refractivity contribution in [3.8, 4) is 0 Å². The van der Waals surface area contributed by atoms with Crippen LogP contribution in [0.2, 0.25) is 0 Å². The third-order valence-corrected chi connectivity index (χ3v) is 6.47. The zero-order chi connectivity index (χ0) is 25.5. The molecule has 1 aliphatic heterocycles. The molecule has 7 heteroatoms. The van der Waals surface area contributed by atoms with Gasteiger partial charge in [-0.15, -0.1) is 0 Å². The molecule has 1 saturated carbocycles. The van der Waals surface area contributed by atoms with E-state index in [2.05, 4.69) is 53.3 Å². The van der Waals surface area contributed by atoms with Gasteiger partial charge in [0.15, 0.2) is 0 Å². The lowest BCUT2D eigenvalue weighted by molar-refractivity contribution is 0.210. The van der Waals surface area contributed by atoms with Crippen LogP contribution in [0.3, 0.4) is 0 Å². The first-order valence-electron chi connectivity index (χ1n) is 12.9. The highest BCUT2D eigenvalue weighted by Crippen LogP contribution is 2.31. The van der Waals surface area contributed by atoms with Crippen LogP contribution in [0.15, 0.2) is 88.9 Å². The SMILES string of the molecule is C=C(CC(=C)NC1CCC1)Nc1ccc(NC2=C3C(F)=CC(OCCCC(C)C)=CC3N=CN2)cc1. The summed E-state index contributed by atoms with van der Waals surface area (Å²) in [5.41, 5.74) is 4.11. The van der Waals surface area contributed by atoms with Gasteiger partial charge in [-0.1, -0.05) is 27.0 Å². The fourth-order valence-electron chi connectivity index (χ4n) is 4.33. The molecule has 2 aliphatic carbocycles. The minimum Gasteiger partial charge on any atom is -0.494 e. The van der Waals surface area contributed by atoms with Gasteiger partial charge in [-0.25, -0.2) is 4.39 Å². The van der Waals surface area contributed by atoms with Crippen molar-refractivity contribution in [2.45, 2.75) is 64.5 Å². The number of halogens is 1. The molecule has 36 heavy (non-hydrogen) atoms. The van der Waals surface area contributed by atoms with Gasteiger partial charge in [-0.05, 0) is 68.4 Å². The van der Waals surface area contributed by atoms with Gasteiger partial charge in [0, 0.05) is 41.3 Å². The van der Waals surface area contributed by atoms with Crippen molar-refractivity contribution in [1.29, 1.82) is 0 Å². The van der Waals surface area contributed by atoms with Crippen molar-refractivity contribution in [3.05, 3.63) is 83.9 Å². The van der Waals surface area contributed by atoms with Gasteiger partial charge in [0.05, 0.1) is 18.5 Å². The van der Waals surface area contributed by atoms with E-state index in [0.29, 0.717) is 42.1 Å². The molecule has 3 aliphatic rings. The van der Waals surface area contributed by atoms with E-state index in [1.54, 1.807) is 6.34 Å². The lowest BCUT2D eigenvalue weighted by Gasteiger charge is -2.28. The van der Waals surface area contributed by atoms with Gasteiger partial charge >= 0.3 is 0 Å². The molecular weight excluding hydrogens is 453 g/mol. The minimum absolute atomic E-state index is 0.349. The Morgan fingerprint density at radius 2 is 1.92 bits per heavy atom. The van der Waals surface area contributed by atoms with Gasteiger partial charge in [0.1, 0.15) is 23.4 Å². The quantitative estimate of drug-likeness (QED) is 0.238. The zero-order valence-corrected chi connectivity index (χ0v) is 21.4. The summed E-state index contributed by atoms with van der Waals surface area (Å²) in [4.78, 5) is 4.39. The summed E-state index contributed by atoms with van der Waals surface area (Å²) in [6.07, 6.45) is 11.3. The molecule has 4 N–H and O–H groups in total. The Morgan fingerprint density at radius 3 is 2.61 bits per heavy atom. The maximum atomic E-state index is 15.1. The Kier molecular flexibility index (Phi) is 8.52. The molecule has 0 spiro atoms. The molecule has 0 aromatic heterocycles. The van der Waals surface area contributed by atoms with E-state index in [9.17, 15) is 0 Å². The largest absolute Gasteiger partial charge is 0.494 e. The van der Waals surface area contributed by atoms with Gasteiger partial charge in [-0.3, -0.25) is 4.99 Å². The topological polar surface area (TPSA) is 69.7 Å². The Hall–Kier alpha value is -3.48. The van der Waals surface area contributed by atoms with Crippen molar-refractivity contribution in [2.75, 3.05) is 17.2 Å². The van der Waals surface area contributed by atoms with Crippen molar-refractivity contribution in [1.82, 2.24) is 10.6 Å². The molecule has 0 amide bonds. The number of fused-ring (bicyclic) bond motifs is 1. The Balaban J connectivity index is 1.32. The molecule has 4 rings (SSSR count). The van der Waals surface area contributed by atoms with E-state index in [-0.39, 0.29) is 5.83 Å². The standard InChI is InChI=1S/C29H38FN5O/c1-19(2)7-6-14-36-25-16-26(30)28-27(17-25)31-18-32-29(28)35-24-12-10-23(11-13-24)34-21(4)15-20(3)33-22-8-5-9-22/h10-13,16-19,22,27,33-35H,3-9,14-15H2,1-2H3,(H,31,32). The Labute approximate surface area is 214 Å². The summed E-state index contributed by atoms with van der Waals surface area (Å²) >= 11 is 0. The summed E-state index contributed by atoms with van der Waals surface area (Å²) in [7, 11) is 0. The molecular formula is C29H38FN5O. The number of ether oxygens (including phenoxy) is 1. The molecule has 1 aromatic rings. The molecule has 1 aromatic carbocycles. The van der Waals surface area contributed by atoms with Crippen LogP contribution in [0.1, 0.15) is 52.4 Å². The highest BCUT2D eigenvalue weighted by molar-refractivity contribution is 5.68. The highest BCUT2D eigenvalue weighted by atomic mass is 19.1. The number of anilines is 2. The number of allylic oxidation sites excluding steroid dienone is 1. The lowest BCUT2D eigenvalue weighted by atomic mass is 9.93. The number of aliphatic imine (C=N–C) groups is 1. The number of rotatable bonds is 13. The van der Waals surface area contributed by atoms with E-state index in [4.69, 9.17) is 4.74 Å². The van der Waals surface area contributed by atoms with E-state index in [1.165, 1.54) is 25.3 Å². The zero-order valence-electron chi connectivity index (χ0n) is 21.4. The van der Waals surface area contributed by atoms with Crippen LogP contribution in [-0.2, 0) is 4.74 Å². The number of hydrogen-bond acceptors (Lipinski definition) is 6. The molecule has 0 radical (unpaired) electrons. The molecule has 1 atom stereocenters.